The van der Waals surface area contributed by atoms with Crippen molar-refractivity contribution in [3.8, 4) is 5.75 Å². The standard InChI is InChI=1S/C24H29N3O2/c1-17-9-10-18(2)22(16-17)29-15-14-27-21-7-4-3-6-20(21)26-23(27)8-5-13-25-24(28)19-11-12-19/h3-4,6-7,9-10,16,19H,5,8,11-15H2,1-2H3,(H,25,28). The highest BCUT2D eigenvalue weighted by Gasteiger charge is 2.29. The summed E-state index contributed by atoms with van der Waals surface area (Å²) in [5.74, 6) is 2.47. The van der Waals surface area contributed by atoms with Gasteiger partial charge in [-0.15, -0.1) is 0 Å². The van der Waals surface area contributed by atoms with Gasteiger partial charge >= 0.3 is 0 Å². The van der Waals surface area contributed by atoms with E-state index in [1.165, 1.54) is 5.56 Å². The van der Waals surface area contributed by atoms with Gasteiger partial charge in [-0.2, -0.15) is 0 Å². The monoisotopic (exact) mass is 391 g/mol. The first-order valence-electron chi connectivity index (χ1n) is 10.5. The molecule has 0 radical (unpaired) electrons. The molecule has 152 valence electrons. The maximum atomic E-state index is 11.8. The summed E-state index contributed by atoms with van der Waals surface area (Å²) in [5, 5.41) is 3.04. The van der Waals surface area contributed by atoms with Gasteiger partial charge in [0.2, 0.25) is 5.91 Å². The molecule has 0 bridgehead atoms. The van der Waals surface area contributed by atoms with E-state index in [9.17, 15) is 4.79 Å². The van der Waals surface area contributed by atoms with Gasteiger partial charge in [-0.1, -0.05) is 24.3 Å². The van der Waals surface area contributed by atoms with Crippen LogP contribution in [0.4, 0.5) is 0 Å². The second-order valence-corrected chi connectivity index (χ2v) is 7.95. The molecule has 1 saturated carbocycles. The smallest absolute Gasteiger partial charge is 0.223 e. The lowest BCUT2D eigenvalue weighted by atomic mass is 10.1. The molecule has 1 heterocycles. The van der Waals surface area contributed by atoms with Crippen molar-refractivity contribution in [1.82, 2.24) is 14.9 Å². The van der Waals surface area contributed by atoms with E-state index in [4.69, 9.17) is 9.72 Å². The Morgan fingerprint density at radius 2 is 2.03 bits per heavy atom. The summed E-state index contributed by atoms with van der Waals surface area (Å²) < 4.78 is 8.33. The Morgan fingerprint density at radius 1 is 1.21 bits per heavy atom. The molecule has 3 aromatic rings. The molecule has 1 aliphatic rings. The van der Waals surface area contributed by atoms with Crippen molar-refractivity contribution in [2.24, 2.45) is 5.92 Å². The SMILES string of the molecule is Cc1ccc(C)c(OCCn2c(CCCNC(=O)C3CC3)nc3ccccc32)c1. The minimum absolute atomic E-state index is 0.209. The molecule has 5 heteroatoms. The molecule has 1 N–H and O–H groups in total. The van der Waals surface area contributed by atoms with Crippen LogP contribution in [-0.2, 0) is 17.8 Å². The summed E-state index contributed by atoms with van der Waals surface area (Å²) in [6.45, 7) is 6.20. The van der Waals surface area contributed by atoms with Gasteiger partial charge in [-0.3, -0.25) is 4.79 Å². The molecular weight excluding hydrogens is 362 g/mol. The van der Waals surface area contributed by atoms with E-state index in [1.807, 2.05) is 12.1 Å². The van der Waals surface area contributed by atoms with Crippen molar-refractivity contribution in [2.75, 3.05) is 13.2 Å². The maximum Gasteiger partial charge on any atom is 0.223 e. The quantitative estimate of drug-likeness (QED) is 0.557. The van der Waals surface area contributed by atoms with E-state index in [1.54, 1.807) is 0 Å². The Kier molecular flexibility index (Phi) is 5.84. The van der Waals surface area contributed by atoms with E-state index in [0.717, 1.165) is 60.4 Å². The van der Waals surface area contributed by atoms with E-state index in [-0.39, 0.29) is 11.8 Å². The number of carbonyl (C=O) groups is 1. The van der Waals surface area contributed by atoms with Gasteiger partial charge in [0.15, 0.2) is 0 Å². The number of benzene rings is 2. The zero-order valence-corrected chi connectivity index (χ0v) is 17.3. The highest BCUT2D eigenvalue weighted by atomic mass is 16.5. The zero-order valence-electron chi connectivity index (χ0n) is 17.3. The Hall–Kier alpha value is -2.82. The number of aryl methyl sites for hydroxylation is 3. The van der Waals surface area contributed by atoms with Crippen LogP contribution in [0.5, 0.6) is 5.75 Å². The van der Waals surface area contributed by atoms with Crippen LogP contribution in [0.25, 0.3) is 11.0 Å². The van der Waals surface area contributed by atoms with E-state index < -0.39 is 0 Å². The third-order valence-electron chi connectivity index (χ3n) is 5.47. The number of rotatable bonds is 9. The van der Waals surface area contributed by atoms with Crippen molar-refractivity contribution in [3.05, 3.63) is 59.4 Å². The second kappa shape index (κ2) is 8.68. The van der Waals surface area contributed by atoms with Crippen molar-refractivity contribution in [3.63, 3.8) is 0 Å². The lowest BCUT2D eigenvalue weighted by Gasteiger charge is -2.13. The fourth-order valence-electron chi connectivity index (χ4n) is 3.62. The highest BCUT2D eigenvalue weighted by molar-refractivity contribution is 5.80. The number of fused-ring (bicyclic) bond motifs is 1. The summed E-state index contributed by atoms with van der Waals surface area (Å²) in [5.41, 5.74) is 4.50. The summed E-state index contributed by atoms with van der Waals surface area (Å²) in [6, 6.07) is 14.5. The third-order valence-corrected chi connectivity index (χ3v) is 5.47. The van der Waals surface area contributed by atoms with E-state index in [2.05, 4.69) is 54.1 Å². The normalized spacial score (nSPS) is 13.6. The maximum absolute atomic E-state index is 11.8. The molecular formula is C24H29N3O2. The molecule has 1 amide bonds. The predicted molar refractivity (Wildman–Crippen MR) is 115 cm³/mol. The molecule has 5 nitrogen and oxygen atoms in total. The molecule has 29 heavy (non-hydrogen) atoms. The fraction of sp³-hybridized carbons (Fsp3) is 0.417. The van der Waals surface area contributed by atoms with E-state index in [0.29, 0.717) is 13.2 Å². The fourth-order valence-corrected chi connectivity index (χ4v) is 3.62. The molecule has 2 aromatic carbocycles. The van der Waals surface area contributed by atoms with Gasteiger partial charge in [0, 0.05) is 18.9 Å². The molecule has 1 aliphatic carbocycles. The number of nitrogens with zero attached hydrogens (tertiary/aromatic N) is 2. The van der Waals surface area contributed by atoms with Gasteiger partial charge in [-0.25, -0.2) is 4.98 Å². The van der Waals surface area contributed by atoms with Crippen LogP contribution in [0.2, 0.25) is 0 Å². The van der Waals surface area contributed by atoms with Crippen LogP contribution in [0.1, 0.15) is 36.2 Å². The summed E-state index contributed by atoms with van der Waals surface area (Å²) in [6.07, 6.45) is 3.81. The number of aromatic nitrogens is 2. The van der Waals surface area contributed by atoms with Crippen molar-refractivity contribution >= 4 is 16.9 Å². The topological polar surface area (TPSA) is 56.1 Å². The molecule has 1 fully saturated rings. The Labute approximate surface area is 172 Å². The van der Waals surface area contributed by atoms with Gasteiger partial charge in [-0.05, 0) is 62.4 Å². The first kappa shape index (κ1) is 19.5. The Bertz CT molecular complexity index is 1000. The zero-order chi connectivity index (χ0) is 20.2. The van der Waals surface area contributed by atoms with Crippen molar-refractivity contribution in [1.29, 1.82) is 0 Å². The van der Waals surface area contributed by atoms with Gasteiger partial charge in [0.1, 0.15) is 18.2 Å². The van der Waals surface area contributed by atoms with Gasteiger partial charge in [0.25, 0.3) is 0 Å². The Balaban J connectivity index is 1.40. The Morgan fingerprint density at radius 3 is 2.86 bits per heavy atom. The minimum Gasteiger partial charge on any atom is -0.491 e. The predicted octanol–water partition coefficient (Wildman–Crippen LogP) is 4.19. The van der Waals surface area contributed by atoms with Gasteiger partial charge < -0.3 is 14.6 Å². The summed E-state index contributed by atoms with van der Waals surface area (Å²) in [4.78, 5) is 16.6. The largest absolute Gasteiger partial charge is 0.491 e. The number of hydrogen-bond donors (Lipinski definition) is 1. The molecule has 0 atom stereocenters. The number of hydrogen-bond acceptors (Lipinski definition) is 3. The van der Waals surface area contributed by atoms with Crippen LogP contribution in [-0.4, -0.2) is 28.6 Å². The van der Waals surface area contributed by atoms with Crippen molar-refractivity contribution in [2.45, 2.75) is 46.1 Å². The average Bonchev–Trinajstić information content (AvgIpc) is 3.51. The first-order valence-corrected chi connectivity index (χ1v) is 10.5. The molecule has 4 rings (SSSR count). The number of carbonyl (C=O) groups excluding carboxylic acids is 1. The van der Waals surface area contributed by atoms with Crippen molar-refractivity contribution < 1.29 is 9.53 Å². The number of para-hydroxylation sites is 2. The van der Waals surface area contributed by atoms with Crippen LogP contribution in [0, 0.1) is 19.8 Å². The molecule has 0 unspecified atom stereocenters. The van der Waals surface area contributed by atoms with Crippen LogP contribution in [0.15, 0.2) is 42.5 Å². The summed E-state index contributed by atoms with van der Waals surface area (Å²) in [7, 11) is 0. The lowest BCUT2D eigenvalue weighted by Crippen LogP contribution is -2.26. The highest BCUT2D eigenvalue weighted by Crippen LogP contribution is 2.28. The van der Waals surface area contributed by atoms with E-state index >= 15 is 0 Å². The van der Waals surface area contributed by atoms with Gasteiger partial charge in [0.05, 0.1) is 17.6 Å². The number of nitrogens with one attached hydrogen (secondary N) is 1. The van der Waals surface area contributed by atoms with Crippen LogP contribution >= 0.6 is 0 Å². The summed E-state index contributed by atoms with van der Waals surface area (Å²) >= 11 is 0. The number of imidazole rings is 1. The molecule has 0 aliphatic heterocycles. The lowest BCUT2D eigenvalue weighted by molar-refractivity contribution is -0.122. The molecule has 0 saturated heterocycles. The van der Waals surface area contributed by atoms with Crippen LogP contribution in [0.3, 0.4) is 0 Å². The average molecular weight is 392 g/mol. The number of amides is 1. The van der Waals surface area contributed by atoms with Crippen LogP contribution < -0.4 is 10.1 Å². The number of ether oxygens (including phenoxy) is 1. The molecule has 0 spiro atoms. The third kappa shape index (κ3) is 4.78. The second-order valence-electron chi connectivity index (χ2n) is 7.95. The molecule has 1 aromatic heterocycles. The minimum atomic E-state index is 0.209. The first-order chi connectivity index (χ1) is 14.1.